The second-order valence-corrected chi connectivity index (χ2v) is 7.40. The summed E-state index contributed by atoms with van der Waals surface area (Å²) in [5.41, 5.74) is -0.697. The number of sulfonamides is 1. The van der Waals surface area contributed by atoms with Crippen LogP contribution in [0.5, 0.6) is 0 Å². The fourth-order valence-electron chi connectivity index (χ4n) is 1.08. The summed E-state index contributed by atoms with van der Waals surface area (Å²) in [6.45, 7) is 9.20. The first-order chi connectivity index (χ1) is 7.43. The molecule has 0 heterocycles. The van der Waals surface area contributed by atoms with Gasteiger partial charge in [-0.3, -0.25) is 0 Å². The molecule has 5 nitrogen and oxygen atoms in total. The van der Waals surface area contributed by atoms with Gasteiger partial charge in [0.2, 0.25) is 10.0 Å². The highest BCUT2D eigenvalue weighted by molar-refractivity contribution is 7.88. The molecule has 0 N–H and O–H groups in total. The fraction of sp³-hybridized carbons (Fsp3) is 0.909. The van der Waals surface area contributed by atoms with Gasteiger partial charge in [0.25, 0.3) is 0 Å². The number of hydrogen-bond acceptors (Lipinski definition) is 4. The van der Waals surface area contributed by atoms with Gasteiger partial charge in [0.05, 0.1) is 6.26 Å². The minimum absolute atomic E-state index is 0.158. The van der Waals surface area contributed by atoms with E-state index < -0.39 is 21.7 Å². The minimum atomic E-state index is -3.57. The van der Waals surface area contributed by atoms with E-state index in [9.17, 15) is 13.2 Å². The molecule has 1 amide bonds. The zero-order chi connectivity index (χ0) is 13.9. The highest BCUT2D eigenvalue weighted by Gasteiger charge is 2.28. The van der Waals surface area contributed by atoms with Crippen LogP contribution in [0.3, 0.4) is 0 Å². The Labute approximate surface area is 104 Å². The fourth-order valence-corrected chi connectivity index (χ4v) is 1.83. The lowest BCUT2D eigenvalue weighted by Gasteiger charge is -2.26. The lowest BCUT2D eigenvalue weighted by atomic mass is 10.1. The van der Waals surface area contributed by atoms with E-state index in [4.69, 9.17) is 4.74 Å². The van der Waals surface area contributed by atoms with Gasteiger partial charge in [-0.25, -0.2) is 17.5 Å². The molecule has 0 aromatic heterocycles. The van der Waals surface area contributed by atoms with Crippen molar-refractivity contribution in [3.8, 4) is 0 Å². The van der Waals surface area contributed by atoms with Crippen LogP contribution in [0.4, 0.5) is 4.79 Å². The Morgan fingerprint density at radius 1 is 1.29 bits per heavy atom. The Kier molecular flexibility index (Phi) is 5.45. The third kappa shape index (κ3) is 7.20. The van der Waals surface area contributed by atoms with E-state index in [0.29, 0.717) is 12.3 Å². The second kappa shape index (κ2) is 5.71. The van der Waals surface area contributed by atoms with E-state index in [0.717, 1.165) is 10.6 Å². The van der Waals surface area contributed by atoms with Crippen LogP contribution in [0.2, 0.25) is 0 Å². The van der Waals surface area contributed by atoms with Crippen molar-refractivity contribution in [3.05, 3.63) is 0 Å². The largest absolute Gasteiger partial charge is 0.443 e. The van der Waals surface area contributed by atoms with Gasteiger partial charge in [-0.15, -0.1) is 0 Å². The van der Waals surface area contributed by atoms with Gasteiger partial charge >= 0.3 is 6.09 Å². The maximum atomic E-state index is 11.7. The smallest absolute Gasteiger partial charge is 0.424 e. The van der Waals surface area contributed by atoms with Gasteiger partial charge in [0, 0.05) is 6.54 Å². The van der Waals surface area contributed by atoms with Crippen molar-refractivity contribution >= 4 is 16.1 Å². The summed E-state index contributed by atoms with van der Waals surface area (Å²) in [7, 11) is -3.57. The van der Waals surface area contributed by atoms with E-state index in [1.807, 2.05) is 13.8 Å². The average Bonchev–Trinajstić information content (AvgIpc) is 1.96. The molecule has 0 atom stereocenters. The van der Waals surface area contributed by atoms with Crippen molar-refractivity contribution in [3.63, 3.8) is 0 Å². The number of ether oxygens (including phenoxy) is 1. The van der Waals surface area contributed by atoms with Gasteiger partial charge in [-0.05, 0) is 33.1 Å². The number of nitrogens with zero attached hydrogens (tertiary/aromatic N) is 1. The Hall–Kier alpha value is -0.780. The van der Waals surface area contributed by atoms with Crippen LogP contribution in [0, 0.1) is 5.92 Å². The summed E-state index contributed by atoms with van der Waals surface area (Å²) < 4.78 is 28.8. The predicted octanol–water partition coefficient (Wildman–Crippen LogP) is 2.23. The number of rotatable bonds is 4. The normalized spacial score (nSPS) is 12.6. The second-order valence-electron chi connectivity index (χ2n) is 5.50. The molecule has 0 spiro atoms. The van der Waals surface area contributed by atoms with E-state index in [2.05, 4.69) is 0 Å². The number of carbonyl (C=O) groups is 1. The highest BCUT2D eigenvalue weighted by Crippen LogP contribution is 2.13. The van der Waals surface area contributed by atoms with Gasteiger partial charge in [0.1, 0.15) is 5.60 Å². The molecule has 0 aromatic rings. The molecule has 0 aliphatic rings. The summed E-state index contributed by atoms with van der Waals surface area (Å²) in [6.07, 6.45) is 0.824. The standard InChI is InChI=1S/C11H23NO4S/c1-9(2)7-8-12(17(6,14)15)10(13)16-11(3,4)5/h9H,7-8H2,1-6H3. The van der Waals surface area contributed by atoms with Crippen molar-refractivity contribution in [1.82, 2.24) is 4.31 Å². The molecule has 0 saturated carbocycles. The molecule has 0 saturated heterocycles. The number of hydrogen-bond donors (Lipinski definition) is 0. The first-order valence-corrected chi connectivity index (χ1v) is 7.49. The van der Waals surface area contributed by atoms with E-state index in [1.165, 1.54) is 0 Å². The molecule has 0 aliphatic heterocycles. The topological polar surface area (TPSA) is 63.7 Å². The lowest BCUT2D eigenvalue weighted by molar-refractivity contribution is 0.0387. The molecule has 6 heteroatoms. The summed E-state index contributed by atoms with van der Waals surface area (Å²) >= 11 is 0. The van der Waals surface area contributed by atoms with Gasteiger partial charge in [-0.1, -0.05) is 13.8 Å². The Balaban J connectivity index is 4.77. The van der Waals surface area contributed by atoms with Gasteiger partial charge in [-0.2, -0.15) is 0 Å². The summed E-state index contributed by atoms with van der Waals surface area (Å²) in [4.78, 5) is 11.7. The minimum Gasteiger partial charge on any atom is -0.443 e. The van der Waals surface area contributed by atoms with Crippen molar-refractivity contribution in [1.29, 1.82) is 0 Å². The third-order valence-corrected chi connectivity index (χ3v) is 3.04. The Morgan fingerprint density at radius 3 is 2.06 bits per heavy atom. The maximum absolute atomic E-state index is 11.7. The molecular formula is C11H23NO4S. The third-order valence-electron chi connectivity index (χ3n) is 1.91. The summed E-state index contributed by atoms with van der Waals surface area (Å²) in [5.74, 6) is 0.321. The molecule has 0 bridgehead atoms. The first kappa shape index (κ1) is 16.2. The monoisotopic (exact) mass is 265 g/mol. The quantitative estimate of drug-likeness (QED) is 0.782. The Bertz CT molecular complexity index is 354. The van der Waals surface area contributed by atoms with Gasteiger partial charge in [0.15, 0.2) is 0 Å². The Morgan fingerprint density at radius 2 is 1.76 bits per heavy atom. The maximum Gasteiger partial charge on any atom is 0.424 e. The van der Waals surface area contributed by atoms with E-state index in [-0.39, 0.29) is 6.54 Å². The SMILES string of the molecule is CC(C)CCN(C(=O)OC(C)(C)C)S(C)(=O)=O. The zero-order valence-corrected chi connectivity index (χ0v) is 12.3. The van der Waals surface area contributed by atoms with Crippen LogP contribution in [-0.2, 0) is 14.8 Å². The molecule has 0 aromatic carbocycles. The van der Waals surface area contributed by atoms with E-state index >= 15 is 0 Å². The van der Waals surface area contributed by atoms with Crippen LogP contribution in [0.15, 0.2) is 0 Å². The van der Waals surface area contributed by atoms with Crippen molar-refractivity contribution < 1.29 is 17.9 Å². The summed E-state index contributed by atoms with van der Waals surface area (Å²) in [5, 5.41) is 0. The van der Waals surface area contributed by atoms with Crippen molar-refractivity contribution in [2.24, 2.45) is 5.92 Å². The van der Waals surface area contributed by atoms with Gasteiger partial charge < -0.3 is 4.74 Å². The molecule has 0 aliphatic carbocycles. The number of carbonyl (C=O) groups excluding carboxylic acids is 1. The first-order valence-electron chi connectivity index (χ1n) is 5.64. The van der Waals surface area contributed by atoms with Crippen LogP contribution < -0.4 is 0 Å². The lowest BCUT2D eigenvalue weighted by Crippen LogP contribution is -2.41. The predicted molar refractivity (Wildman–Crippen MR) is 67.2 cm³/mol. The van der Waals surface area contributed by atoms with Crippen LogP contribution in [0.1, 0.15) is 41.0 Å². The summed E-state index contributed by atoms with van der Waals surface area (Å²) in [6, 6.07) is 0. The molecule has 17 heavy (non-hydrogen) atoms. The molecule has 0 rings (SSSR count). The zero-order valence-electron chi connectivity index (χ0n) is 11.5. The molecule has 0 unspecified atom stereocenters. The van der Waals surface area contributed by atoms with Crippen LogP contribution in [-0.4, -0.2) is 37.2 Å². The number of amides is 1. The molecule has 0 radical (unpaired) electrons. The molecular weight excluding hydrogens is 242 g/mol. The van der Waals surface area contributed by atoms with Crippen LogP contribution in [0.25, 0.3) is 0 Å². The molecule has 0 fully saturated rings. The highest BCUT2D eigenvalue weighted by atomic mass is 32.2. The van der Waals surface area contributed by atoms with E-state index in [1.54, 1.807) is 20.8 Å². The van der Waals surface area contributed by atoms with Crippen molar-refractivity contribution in [2.75, 3.05) is 12.8 Å². The molecule has 102 valence electrons. The average molecular weight is 265 g/mol. The van der Waals surface area contributed by atoms with Crippen molar-refractivity contribution in [2.45, 2.75) is 46.6 Å². The van der Waals surface area contributed by atoms with Crippen LogP contribution >= 0.6 is 0 Å².